The highest BCUT2D eigenvalue weighted by Gasteiger charge is 2.26. The average Bonchev–Trinajstić information content (AvgIpc) is 3.60. The van der Waals surface area contributed by atoms with Gasteiger partial charge in [0.15, 0.2) is 22.4 Å². The number of para-hydroxylation sites is 1. The van der Waals surface area contributed by atoms with Crippen molar-refractivity contribution in [2.45, 2.75) is 12.8 Å². The molecule has 0 unspecified atom stereocenters. The van der Waals surface area contributed by atoms with Crippen LogP contribution in [0.2, 0.25) is 0 Å². The smallest absolute Gasteiger partial charge is 0.259 e. The first-order valence-electron chi connectivity index (χ1n) is 13.0. The Hall–Kier alpha value is -3.41. The first-order chi connectivity index (χ1) is 18.5. The number of rotatable bonds is 6. The summed E-state index contributed by atoms with van der Waals surface area (Å²) in [5, 5.41) is 3.73. The number of amides is 1. The highest BCUT2D eigenvalue weighted by molar-refractivity contribution is 7.20. The fourth-order valence-corrected chi connectivity index (χ4v) is 6.07. The first kappa shape index (κ1) is 24.9. The standard InChI is InChI=1S/C27H30FN7O2S/c1-32-12-14-34(15-13-32)26(37)19-17-35(27-30-21-6-2-3-7-22(21)38-27)25-18(23(19)36)16-20(28)24(31-25)29-8-11-33-9-4-5-10-33/h2-3,6-7,16-17H,4-5,8-15H2,1H3,(H,29,31). The van der Waals surface area contributed by atoms with E-state index in [0.717, 1.165) is 42.9 Å². The Labute approximate surface area is 223 Å². The van der Waals surface area contributed by atoms with E-state index in [0.29, 0.717) is 24.8 Å². The lowest BCUT2D eigenvalue weighted by molar-refractivity contribution is 0.0662. The van der Waals surface area contributed by atoms with Gasteiger partial charge in [0.2, 0.25) is 5.43 Å². The van der Waals surface area contributed by atoms with Gasteiger partial charge in [-0.25, -0.2) is 14.4 Å². The van der Waals surface area contributed by atoms with Crippen molar-refractivity contribution in [3.05, 3.63) is 58.1 Å². The van der Waals surface area contributed by atoms with Gasteiger partial charge in [-0.05, 0) is 51.2 Å². The molecule has 6 rings (SSSR count). The number of halogens is 1. The van der Waals surface area contributed by atoms with Gasteiger partial charge >= 0.3 is 0 Å². The fourth-order valence-electron chi connectivity index (χ4n) is 5.13. The monoisotopic (exact) mass is 535 g/mol. The number of fused-ring (bicyclic) bond motifs is 2. The summed E-state index contributed by atoms with van der Waals surface area (Å²) < 4.78 is 17.9. The second kappa shape index (κ2) is 10.4. The van der Waals surface area contributed by atoms with Gasteiger partial charge < -0.3 is 20.0 Å². The summed E-state index contributed by atoms with van der Waals surface area (Å²) in [4.78, 5) is 42.5. The Bertz CT molecular complexity index is 1520. The molecule has 9 nitrogen and oxygen atoms in total. The molecule has 1 aromatic carbocycles. The van der Waals surface area contributed by atoms with E-state index in [1.54, 1.807) is 9.47 Å². The summed E-state index contributed by atoms with van der Waals surface area (Å²) >= 11 is 1.43. The van der Waals surface area contributed by atoms with E-state index in [-0.39, 0.29) is 28.3 Å². The summed E-state index contributed by atoms with van der Waals surface area (Å²) in [5.74, 6) is -0.881. The van der Waals surface area contributed by atoms with Crippen LogP contribution in [0.5, 0.6) is 0 Å². The Balaban J connectivity index is 1.44. The largest absolute Gasteiger partial charge is 0.366 e. The number of likely N-dealkylation sites (N-methyl/N-ethyl adjacent to an activating group) is 1. The Kier molecular flexibility index (Phi) is 6.81. The first-order valence-corrected chi connectivity index (χ1v) is 13.9. The molecule has 0 saturated carbocycles. The number of carbonyl (C=O) groups is 1. The topological polar surface area (TPSA) is 86.6 Å². The van der Waals surface area contributed by atoms with Crippen LogP contribution in [0.25, 0.3) is 26.4 Å². The van der Waals surface area contributed by atoms with Crippen molar-refractivity contribution in [1.29, 1.82) is 0 Å². The van der Waals surface area contributed by atoms with Crippen LogP contribution in [0.15, 0.2) is 41.3 Å². The van der Waals surface area contributed by atoms with Crippen molar-refractivity contribution in [3.63, 3.8) is 0 Å². The van der Waals surface area contributed by atoms with Crippen molar-refractivity contribution in [2.24, 2.45) is 0 Å². The number of hydrogen-bond donors (Lipinski definition) is 1. The van der Waals surface area contributed by atoms with Gasteiger partial charge in [0.05, 0.1) is 15.6 Å². The lowest BCUT2D eigenvalue weighted by Gasteiger charge is -2.32. The van der Waals surface area contributed by atoms with Crippen LogP contribution >= 0.6 is 11.3 Å². The van der Waals surface area contributed by atoms with Gasteiger partial charge in [-0.15, -0.1) is 0 Å². The molecule has 2 aliphatic rings. The van der Waals surface area contributed by atoms with E-state index in [1.807, 2.05) is 31.3 Å². The Morgan fingerprint density at radius 1 is 1.08 bits per heavy atom. The molecule has 5 heterocycles. The third-order valence-electron chi connectivity index (χ3n) is 7.36. The van der Waals surface area contributed by atoms with E-state index in [9.17, 15) is 9.59 Å². The number of piperazine rings is 1. The van der Waals surface area contributed by atoms with Crippen molar-refractivity contribution >= 4 is 44.3 Å². The fraction of sp³-hybridized carbons (Fsp3) is 0.407. The van der Waals surface area contributed by atoms with Gasteiger partial charge in [-0.2, -0.15) is 0 Å². The highest BCUT2D eigenvalue weighted by atomic mass is 32.1. The van der Waals surface area contributed by atoms with Crippen LogP contribution in [0.1, 0.15) is 23.2 Å². The van der Waals surface area contributed by atoms with Crippen molar-refractivity contribution < 1.29 is 9.18 Å². The van der Waals surface area contributed by atoms with E-state index in [2.05, 4.69) is 20.1 Å². The van der Waals surface area contributed by atoms with E-state index in [4.69, 9.17) is 4.98 Å². The molecule has 3 aromatic heterocycles. The summed E-state index contributed by atoms with van der Waals surface area (Å²) in [6.07, 6.45) is 3.90. The van der Waals surface area contributed by atoms with E-state index < -0.39 is 11.2 Å². The van der Waals surface area contributed by atoms with Crippen LogP contribution in [0, 0.1) is 5.82 Å². The predicted octanol–water partition coefficient (Wildman–Crippen LogP) is 3.03. The van der Waals surface area contributed by atoms with Crippen molar-refractivity contribution in [2.75, 3.05) is 64.7 Å². The zero-order valence-corrected chi connectivity index (χ0v) is 22.1. The number of likely N-dealkylation sites (tertiary alicyclic amines) is 1. The zero-order chi connectivity index (χ0) is 26.2. The van der Waals surface area contributed by atoms with Crippen molar-refractivity contribution in [3.8, 4) is 5.13 Å². The summed E-state index contributed by atoms with van der Waals surface area (Å²) in [6.45, 7) is 5.96. The van der Waals surface area contributed by atoms with Crippen LogP contribution in [0.3, 0.4) is 0 Å². The van der Waals surface area contributed by atoms with E-state index >= 15 is 4.39 Å². The van der Waals surface area contributed by atoms with Crippen LogP contribution in [-0.4, -0.2) is 94.5 Å². The Morgan fingerprint density at radius 2 is 1.84 bits per heavy atom. The number of anilines is 1. The molecular formula is C27H30FN7O2S. The van der Waals surface area contributed by atoms with Gasteiger partial charge in [0, 0.05) is 45.5 Å². The second-order valence-corrected chi connectivity index (χ2v) is 11.0. The minimum atomic E-state index is -0.615. The number of nitrogens with one attached hydrogen (secondary N) is 1. The molecule has 2 fully saturated rings. The summed E-state index contributed by atoms with van der Waals surface area (Å²) in [6, 6.07) is 8.93. The maximum Gasteiger partial charge on any atom is 0.259 e. The molecule has 4 aromatic rings. The van der Waals surface area contributed by atoms with Crippen LogP contribution < -0.4 is 10.7 Å². The van der Waals surface area contributed by atoms with Gasteiger partial charge in [0.25, 0.3) is 5.91 Å². The van der Waals surface area contributed by atoms with Gasteiger partial charge in [-0.1, -0.05) is 23.5 Å². The molecule has 0 bridgehead atoms. The predicted molar refractivity (Wildman–Crippen MR) is 148 cm³/mol. The molecule has 1 amide bonds. The van der Waals surface area contributed by atoms with Crippen LogP contribution in [0.4, 0.5) is 10.2 Å². The molecule has 0 radical (unpaired) electrons. The van der Waals surface area contributed by atoms with Gasteiger partial charge in [0.1, 0.15) is 5.56 Å². The molecular weight excluding hydrogens is 505 g/mol. The third-order valence-corrected chi connectivity index (χ3v) is 8.40. The lowest BCUT2D eigenvalue weighted by Crippen LogP contribution is -2.48. The number of thiazole rings is 1. The zero-order valence-electron chi connectivity index (χ0n) is 21.3. The summed E-state index contributed by atoms with van der Waals surface area (Å²) in [7, 11) is 2.00. The number of carbonyl (C=O) groups excluding carboxylic acids is 1. The quantitative estimate of drug-likeness (QED) is 0.406. The lowest BCUT2D eigenvalue weighted by atomic mass is 10.1. The number of hydrogen-bond acceptors (Lipinski definition) is 8. The molecule has 0 aliphatic carbocycles. The molecule has 38 heavy (non-hydrogen) atoms. The maximum absolute atomic E-state index is 15.2. The molecule has 2 aliphatic heterocycles. The molecule has 198 valence electrons. The normalized spacial score (nSPS) is 17.1. The number of benzene rings is 1. The van der Waals surface area contributed by atoms with Gasteiger partial charge in [-0.3, -0.25) is 14.2 Å². The number of nitrogens with zero attached hydrogens (tertiary/aromatic N) is 6. The minimum Gasteiger partial charge on any atom is -0.366 e. The molecule has 0 atom stereocenters. The summed E-state index contributed by atoms with van der Waals surface area (Å²) in [5.41, 5.74) is 0.556. The number of aromatic nitrogens is 3. The minimum absolute atomic E-state index is 0.00254. The SMILES string of the molecule is CN1CCN(C(=O)c2cn(-c3nc4ccccc4s3)c3nc(NCCN4CCCC4)c(F)cc3c2=O)CC1. The van der Waals surface area contributed by atoms with Crippen LogP contribution in [-0.2, 0) is 0 Å². The number of pyridine rings is 2. The molecule has 0 spiro atoms. The average molecular weight is 536 g/mol. The maximum atomic E-state index is 15.2. The molecule has 11 heteroatoms. The second-order valence-electron chi connectivity index (χ2n) is 9.97. The van der Waals surface area contributed by atoms with E-state index in [1.165, 1.54) is 36.4 Å². The van der Waals surface area contributed by atoms with Crippen molar-refractivity contribution in [1.82, 2.24) is 29.2 Å². The molecule has 1 N–H and O–H groups in total. The highest BCUT2D eigenvalue weighted by Crippen LogP contribution is 2.28. The third kappa shape index (κ3) is 4.77. The Morgan fingerprint density at radius 3 is 2.61 bits per heavy atom. The molecule has 2 saturated heterocycles.